The lowest BCUT2D eigenvalue weighted by Gasteiger charge is -2.03. The van der Waals surface area contributed by atoms with E-state index in [1.165, 1.54) is 109 Å². The summed E-state index contributed by atoms with van der Waals surface area (Å²) >= 11 is 0. The van der Waals surface area contributed by atoms with Crippen molar-refractivity contribution in [2.45, 2.75) is 175 Å². The Kier molecular flexibility index (Phi) is 30.9. The van der Waals surface area contributed by atoms with Crippen LogP contribution >= 0.6 is 0 Å². The van der Waals surface area contributed by atoms with Crippen molar-refractivity contribution in [1.29, 1.82) is 0 Å². The van der Waals surface area contributed by atoms with E-state index >= 15 is 0 Å². The van der Waals surface area contributed by atoms with Gasteiger partial charge >= 0.3 is 11.9 Å². The molecule has 0 amide bonds. The van der Waals surface area contributed by atoms with Crippen LogP contribution in [0.3, 0.4) is 0 Å². The van der Waals surface area contributed by atoms with E-state index in [0.29, 0.717) is 18.8 Å². The zero-order valence-corrected chi connectivity index (χ0v) is 23.3. The monoisotopic (exact) mass is 484 g/mol. The van der Waals surface area contributed by atoms with Crippen molar-refractivity contribution in [3.8, 4) is 0 Å². The van der Waals surface area contributed by atoms with Crippen LogP contribution in [-0.2, 0) is 9.59 Å². The van der Waals surface area contributed by atoms with Crippen molar-refractivity contribution >= 4 is 11.9 Å². The minimum Gasteiger partial charge on any atom is -0.481 e. The summed E-state index contributed by atoms with van der Waals surface area (Å²) in [5.74, 6) is -0.625. The Morgan fingerprint density at radius 2 is 0.735 bits per heavy atom. The van der Waals surface area contributed by atoms with Gasteiger partial charge in [0.25, 0.3) is 0 Å². The molecule has 0 aromatic carbocycles. The molecule has 0 unspecified atom stereocenters. The summed E-state index contributed by atoms with van der Waals surface area (Å²) in [4.78, 5) is 20.4. The largest absolute Gasteiger partial charge is 0.481 e. The van der Waals surface area contributed by atoms with Gasteiger partial charge in [0.15, 0.2) is 0 Å². The SMILES string of the molecule is CC(C)CCCCC(=O)O.CCCCCCCCCCCCCCCCCCCCCC(=O)O. The van der Waals surface area contributed by atoms with Gasteiger partial charge in [-0.15, -0.1) is 0 Å². The zero-order chi connectivity index (χ0) is 25.7. The fraction of sp³-hybridized carbons (Fsp3) is 0.933. The first-order valence-corrected chi connectivity index (χ1v) is 14.8. The normalized spacial score (nSPS) is 10.8. The fourth-order valence-corrected chi connectivity index (χ4v) is 4.18. The number of aliphatic carboxylic acids is 2. The lowest BCUT2D eigenvalue weighted by Crippen LogP contribution is -1.94. The Labute approximate surface area is 212 Å². The van der Waals surface area contributed by atoms with E-state index < -0.39 is 11.9 Å². The van der Waals surface area contributed by atoms with Crippen molar-refractivity contribution in [2.24, 2.45) is 5.92 Å². The maximum Gasteiger partial charge on any atom is 0.303 e. The molecule has 0 aliphatic rings. The molecule has 0 aliphatic heterocycles. The molecule has 0 heterocycles. The van der Waals surface area contributed by atoms with Crippen LogP contribution in [0.2, 0.25) is 0 Å². The van der Waals surface area contributed by atoms with E-state index in [1.54, 1.807) is 0 Å². The van der Waals surface area contributed by atoms with E-state index in [-0.39, 0.29) is 0 Å². The summed E-state index contributed by atoms with van der Waals surface area (Å²) < 4.78 is 0. The molecule has 4 heteroatoms. The molecule has 204 valence electrons. The van der Waals surface area contributed by atoms with Gasteiger partial charge in [0, 0.05) is 12.8 Å². The van der Waals surface area contributed by atoms with Crippen molar-refractivity contribution in [3.05, 3.63) is 0 Å². The predicted molar refractivity (Wildman–Crippen MR) is 147 cm³/mol. The van der Waals surface area contributed by atoms with Gasteiger partial charge in [0.2, 0.25) is 0 Å². The van der Waals surface area contributed by atoms with E-state index in [0.717, 1.165) is 32.1 Å². The van der Waals surface area contributed by atoms with Crippen LogP contribution in [0.5, 0.6) is 0 Å². The highest BCUT2D eigenvalue weighted by Crippen LogP contribution is 2.14. The molecule has 0 saturated carbocycles. The number of carboxylic acids is 2. The van der Waals surface area contributed by atoms with Crippen LogP contribution in [0, 0.1) is 5.92 Å². The maximum absolute atomic E-state index is 10.4. The van der Waals surface area contributed by atoms with Gasteiger partial charge < -0.3 is 10.2 Å². The highest BCUT2D eigenvalue weighted by atomic mass is 16.4. The molecule has 2 N–H and O–H groups in total. The first-order chi connectivity index (χ1) is 16.4. The topological polar surface area (TPSA) is 74.6 Å². The number of rotatable bonds is 25. The molecule has 0 aliphatic carbocycles. The second-order valence-electron chi connectivity index (χ2n) is 10.5. The van der Waals surface area contributed by atoms with Gasteiger partial charge in [-0.1, -0.05) is 149 Å². The number of hydrogen-bond donors (Lipinski definition) is 2. The average molecular weight is 485 g/mol. The zero-order valence-electron chi connectivity index (χ0n) is 23.3. The van der Waals surface area contributed by atoms with Crippen LogP contribution in [0.25, 0.3) is 0 Å². The first kappa shape index (κ1) is 35.1. The van der Waals surface area contributed by atoms with Crippen LogP contribution in [-0.4, -0.2) is 22.2 Å². The standard InChI is InChI=1S/C22H44O2.C8H16O2/c1-2-3-4-5-6-7-8-9-10-11-12-13-14-15-16-17-18-19-20-21-22(23)24;1-7(2)5-3-4-6-8(9)10/h2-21H2,1H3,(H,23,24);7H,3-6H2,1-2H3,(H,9,10). The summed E-state index contributed by atoms with van der Waals surface area (Å²) in [6.45, 7) is 6.59. The third kappa shape index (κ3) is 38.2. The summed E-state index contributed by atoms with van der Waals surface area (Å²) in [5, 5.41) is 16.8. The molecule has 0 bridgehead atoms. The molecular weight excluding hydrogens is 424 g/mol. The summed E-state index contributed by atoms with van der Waals surface area (Å²) in [7, 11) is 0. The quantitative estimate of drug-likeness (QED) is 0.126. The van der Waals surface area contributed by atoms with Crippen molar-refractivity contribution in [3.63, 3.8) is 0 Å². The number of unbranched alkanes of at least 4 members (excludes halogenated alkanes) is 19. The molecule has 0 aromatic heterocycles. The average Bonchev–Trinajstić information content (AvgIpc) is 2.78. The van der Waals surface area contributed by atoms with Gasteiger partial charge in [0.05, 0.1) is 0 Å². The van der Waals surface area contributed by atoms with Crippen LogP contribution < -0.4 is 0 Å². The minimum absolute atomic E-state index is 0.326. The summed E-state index contributed by atoms with van der Waals surface area (Å²) in [5.41, 5.74) is 0. The van der Waals surface area contributed by atoms with Crippen molar-refractivity contribution < 1.29 is 19.8 Å². The van der Waals surface area contributed by atoms with Crippen LogP contribution in [0.1, 0.15) is 175 Å². The van der Waals surface area contributed by atoms with Crippen molar-refractivity contribution in [2.75, 3.05) is 0 Å². The van der Waals surface area contributed by atoms with E-state index in [9.17, 15) is 9.59 Å². The Morgan fingerprint density at radius 3 is 1.00 bits per heavy atom. The lowest BCUT2D eigenvalue weighted by atomic mass is 10.0. The smallest absolute Gasteiger partial charge is 0.303 e. The van der Waals surface area contributed by atoms with Gasteiger partial charge in [0.1, 0.15) is 0 Å². The Balaban J connectivity index is 0. The summed E-state index contributed by atoms with van der Waals surface area (Å²) in [6.07, 6.45) is 29.4. The third-order valence-electron chi connectivity index (χ3n) is 6.42. The molecular formula is C30H60O4. The van der Waals surface area contributed by atoms with Crippen LogP contribution in [0.15, 0.2) is 0 Å². The molecule has 0 radical (unpaired) electrons. The maximum atomic E-state index is 10.4. The number of hydrogen-bond acceptors (Lipinski definition) is 2. The van der Waals surface area contributed by atoms with E-state index in [1.807, 2.05) is 0 Å². The summed E-state index contributed by atoms with van der Waals surface area (Å²) in [6, 6.07) is 0. The van der Waals surface area contributed by atoms with Gasteiger partial charge in [-0.2, -0.15) is 0 Å². The second-order valence-corrected chi connectivity index (χ2v) is 10.5. The lowest BCUT2D eigenvalue weighted by molar-refractivity contribution is -0.138. The Bertz CT molecular complexity index is 420. The van der Waals surface area contributed by atoms with Crippen LogP contribution in [0.4, 0.5) is 0 Å². The van der Waals surface area contributed by atoms with Gasteiger partial charge in [-0.3, -0.25) is 9.59 Å². The number of carbonyl (C=O) groups is 2. The molecule has 0 fully saturated rings. The Morgan fingerprint density at radius 1 is 0.471 bits per heavy atom. The highest BCUT2D eigenvalue weighted by molar-refractivity contribution is 5.66. The van der Waals surface area contributed by atoms with Gasteiger partial charge in [-0.05, 0) is 18.8 Å². The molecule has 0 aromatic rings. The molecule has 0 rings (SSSR count). The Hall–Kier alpha value is -1.06. The molecule has 0 spiro atoms. The van der Waals surface area contributed by atoms with Crippen molar-refractivity contribution in [1.82, 2.24) is 0 Å². The molecule has 0 atom stereocenters. The molecule has 0 saturated heterocycles. The molecule has 4 nitrogen and oxygen atoms in total. The van der Waals surface area contributed by atoms with E-state index in [4.69, 9.17) is 10.2 Å². The number of carboxylic acid groups (broad SMARTS) is 2. The second kappa shape index (κ2) is 30.0. The van der Waals surface area contributed by atoms with E-state index in [2.05, 4.69) is 20.8 Å². The van der Waals surface area contributed by atoms with Gasteiger partial charge in [-0.25, -0.2) is 0 Å². The fourth-order valence-electron chi connectivity index (χ4n) is 4.18. The highest BCUT2D eigenvalue weighted by Gasteiger charge is 1.98. The minimum atomic E-state index is -0.677. The third-order valence-corrected chi connectivity index (χ3v) is 6.42. The molecule has 34 heavy (non-hydrogen) atoms. The first-order valence-electron chi connectivity index (χ1n) is 14.8. The predicted octanol–water partition coefficient (Wildman–Crippen LogP) is 10.2.